The Balaban J connectivity index is 4.22. The molecular weight excluding hydrogens is 170 g/mol. The van der Waals surface area contributed by atoms with Gasteiger partial charge in [0.2, 0.25) is 0 Å². The van der Waals surface area contributed by atoms with Gasteiger partial charge in [0.05, 0.1) is 11.7 Å². The van der Waals surface area contributed by atoms with Gasteiger partial charge >= 0.3 is 5.97 Å². The maximum Gasteiger partial charge on any atom is 0.323 e. The molecule has 0 heterocycles. The van der Waals surface area contributed by atoms with Crippen LogP contribution in [0.25, 0.3) is 0 Å². The standard InChI is InChI=1S/C9H19NO3/c1-6(13-9(2,3)4)7(10-5)8(11)12/h6-7,10H,1-5H3,(H,11,12)/t6-,7-/m0/s1. The molecule has 0 aromatic heterocycles. The Hall–Kier alpha value is -0.610. The predicted octanol–water partition coefficient (Wildman–Crippen LogP) is 0.863. The van der Waals surface area contributed by atoms with E-state index >= 15 is 0 Å². The van der Waals surface area contributed by atoms with Gasteiger partial charge in [-0.25, -0.2) is 0 Å². The monoisotopic (exact) mass is 189 g/mol. The number of hydrogen-bond acceptors (Lipinski definition) is 3. The highest BCUT2D eigenvalue weighted by molar-refractivity contribution is 5.74. The Bertz CT molecular complexity index is 174. The number of hydrogen-bond donors (Lipinski definition) is 2. The third-order valence-electron chi connectivity index (χ3n) is 1.59. The lowest BCUT2D eigenvalue weighted by molar-refractivity contribution is -0.147. The van der Waals surface area contributed by atoms with E-state index in [9.17, 15) is 4.79 Å². The van der Waals surface area contributed by atoms with E-state index in [0.717, 1.165) is 0 Å². The van der Waals surface area contributed by atoms with Gasteiger partial charge in [-0.2, -0.15) is 0 Å². The van der Waals surface area contributed by atoms with Crippen LogP contribution in [0.2, 0.25) is 0 Å². The molecule has 0 aliphatic carbocycles. The third kappa shape index (κ3) is 4.85. The summed E-state index contributed by atoms with van der Waals surface area (Å²) in [6.45, 7) is 7.45. The first-order valence-corrected chi connectivity index (χ1v) is 4.36. The van der Waals surface area contributed by atoms with E-state index in [1.165, 1.54) is 0 Å². The van der Waals surface area contributed by atoms with Gasteiger partial charge < -0.3 is 15.2 Å². The fourth-order valence-corrected chi connectivity index (χ4v) is 1.18. The van der Waals surface area contributed by atoms with Crippen molar-refractivity contribution in [2.24, 2.45) is 0 Å². The highest BCUT2D eigenvalue weighted by atomic mass is 16.5. The molecule has 78 valence electrons. The average Bonchev–Trinajstić information content (AvgIpc) is 1.82. The molecule has 4 heteroatoms. The van der Waals surface area contributed by atoms with Gasteiger partial charge in [-0.15, -0.1) is 0 Å². The van der Waals surface area contributed by atoms with Crippen molar-refractivity contribution in [2.45, 2.75) is 45.4 Å². The summed E-state index contributed by atoms with van der Waals surface area (Å²) >= 11 is 0. The Morgan fingerprint density at radius 3 is 2.15 bits per heavy atom. The van der Waals surface area contributed by atoms with Crippen LogP contribution in [0.15, 0.2) is 0 Å². The second-order valence-electron chi connectivity index (χ2n) is 4.04. The smallest absolute Gasteiger partial charge is 0.323 e. The summed E-state index contributed by atoms with van der Waals surface area (Å²) in [5.41, 5.74) is -0.316. The Morgan fingerprint density at radius 2 is 1.92 bits per heavy atom. The molecule has 0 aromatic rings. The van der Waals surface area contributed by atoms with E-state index < -0.39 is 12.0 Å². The van der Waals surface area contributed by atoms with E-state index in [1.54, 1.807) is 14.0 Å². The lowest BCUT2D eigenvalue weighted by Crippen LogP contribution is -2.46. The van der Waals surface area contributed by atoms with Crippen LogP contribution in [0.3, 0.4) is 0 Å². The van der Waals surface area contributed by atoms with Gasteiger partial charge in [-0.3, -0.25) is 4.79 Å². The van der Waals surface area contributed by atoms with Gasteiger partial charge in [-0.05, 0) is 34.7 Å². The van der Waals surface area contributed by atoms with Crippen molar-refractivity contribution in [2.75, 3.05) is 7.05 Å². The fourth-order valence-electron chi connectivity index (χ4n) is 1.18. The molecule has 13 heavy (non-hydrogen) atoms. The second kappa shape index (κ2) is 4.58. The molecule has 0 aromatic carbocycles. The summed E-state index contributed by atoms with van der Waals surface area (Å²) in [6, 6.07) is -0.653. The van der Waals surface area contributed by atoms with Crippen molar-refractivity contribution in [3.05, 3.63) is 0 Å². The summed E-state index contributed by atoms with van der Waals surface area (Å²) in [5.74, 6) is -0.890. The van der Waals surface area contributed by atoms with Crippen LogP contribution >= 0.6 is 0 Å². The SMILES string of the molecule is CN[C@H](C(=O)O)[C@H](C)OC(C)(C)C. The van der Waals surface area contributed by atoms with Gasteiger partial charge in [-0.1, -0.05) is 0 Å². The minimum Gasteiger partial charge on any atom is -0.480 e. The number of rotatable bonds is 4. The topological polar surface area (TPSA) is 58.6 Å². The quantitative estimate of drug-likeness (QED) is 0.688. The molecule has 4 nitrogen and oxygen atoms in total. The average molecular weight is 189 g/mol. The van der Waals surface area contributed by atoms with E-state index in [0.29, 0.717) is 0 Å². The van der Waals surface area contributed by atoms with E-state index in [4.69, 9.17) is 9.84 Å². The molecule has 0 aliphatic heterocycles. The van der Waals surface area contributed by atoms with Crippen molar-refractivity contribution in [3.8, 4) is 0 Å². The highest BCUT2D eigenvalue weighted by Crippen LogP contribution is 2.12. The lowest BCUT2D eigenvalue weighted by Gasteiger charge is -2.28. The third-order valence-corrected chi connectivity index (χ3v) is 1.59. The molecule has 2 atom stereocenters. The summed E-state index contributed by atoms with van der Waals surface area (Å²) in [4.78, 5) is 10.7. The van der Waals surface area contributed by atoms with Gasteiger partial charge in [0.1, 0.15) is 6.04 Å². The van der Waals surface area contributed by atoms with Crippen molar-refractivity contribution in [3.63, 3.8) is 0 Å². The minimum absolute atomic E-state index is 0.316. The fraction of sp³-hybridized carbons (Fsp3) is 0.889. The molecule has 0 unspecified atom stereocenters. The summed E-state index contributed by atoms with van der Waals surface area (Å²) < 4.78 is 5.51. The molecule has 0 bridgehead atoms. The Labute approximate surface area is 79.3 Å². The van der Waals surface area contributed by atoms with Crippen LogP contribution in [0.5, 0.6) is 0 Å². The molecule has 0 spiro atoms. The number of ether oxygens (including phenoxy) is 1. The number of carboxylic acids is 1. The van der Waals surface area contributed by atoms with Crippen LogP contribution in [-0.4, -0.2) is 35.9 Å². The van der Waals surface area contributed by atoms with Crippen LogP contribution in [0.1, 0.15) is 27.7 Å². The summed E-state index contributed by atoms with van der Waals surface area (Å²) in [5, 5.41) is 11.5. The maximum absolute atomic E-state index is 10.7. The van der Waals surface area contributed by atoms with Gasteiger partial charge in [0, 0.05) is 0 Å². The molecular formula is C9H19NO3. The molecule has 0 aliphatic rings. The number of carbonyl (C=O) groups is 1. The first-order chi connectivity index (χ1) is 5.78. The van der Waals surface area contributed by atoms with E-state index in [-0.39, 0.29) is 11.7 Å². The zero-order valence-electron chi connectivity index (χ0n) is 8.92. The van der Waals surface area contributed by atoms with Crippen LogP contribution < -0.4 is 5.32 Å². The highest BCUT2D eigenvalue weighted by Gasteiger charge is 2.27. The summed E-state index contributed by atoms with van der Waals surface area (Å²) in [7, 11) is 1.61. The number of nitrogens with one attached hydrogen (secondary N) is 1. The minimum atomic E-state index is -0.890. The molecule has 0 saturated carbocycles. The van der Waals surface area contributed by atoms with E-state index in [1.807, 2.05) is 20.8 Å². The second-order valence-corrected chi connectivity index (χ2v) is 4.04. The Morgan fingerprint density at radius 1 is 1.46 bits per heavy atom. The molecule has 2 N–H and O–H groups in total. The lowest BCUT2D eigenvalue weighted by atomic mass is 10.1. The summed E-state index contributed by atoms with van der Waals surface area (Å²) in [6.07, 6.45) is -0.345. The normalized spacial score (nSPS) is 16.7. The number of carboxylic acid groups (broad SMARTS) is 1. The molecule has 0 rings (SSSR count). The molecule has 0 saturated heterocycles. The van der Waals surface area contributed by atoms with Gasteiger partial charge in [0.25, 0.3) is 0 Å². The molecule has 0 radical (unpaired) electrons. The maximum atomic E-state index is 10.7. The van der Waals surface area contributed by atoms with Gasteiger partial charge in [0.15, 0.2) is 0 Å². The zero-order valence-corrected chi connectivity index (χ0v) is 8.92. The largest absolute Gasteiger partial charge is 0.480 e. The van der Waals surface area contributed by atoms with Crippen LogP contribution in [0.4, 0.5) is 0 Å². The van der Waals surface area contributed by atoms with E-state index in [2.05, 4.69) is 5.32 Å². The van der Waals surface area contributed by atoms with Crippen molar-refractivity contribution < 1.29 is 14.6 Å². The molecule has 0 amide bonds. The first-order valence-electron chi connectivity index (χ1n) is 4.36. The van der Waals surface area contributed by atoms with Crippen molar-refractivity contribution >= 4 is 5.97 Å². The van der Waals surface area contributed by atoms with Crippen LogP contribution in [-0.2, 0) is 9.53 Å². The predicted molar refractivity (Wildman–Crippen MR) is 50.8 cm³/mol. The Kier molecular flexibility index (Phi) is 4.36. The number of likely N-dealkylation sites (N-methyl/N-ethyl adjacent to an activating group) is 1. The zero-order chi connectivity index (χ0) is 10.6. The van der Waals surface area contributed by atoms with Crippen molar-refractivity contribution in [1.82, 2.24) is 5.32 Å². The van der Waals surface area contributed by atoms with Crippen molar-refractivity contribution in [1.29, 1.82) is 0 Å². The molecule has 0 fully saturated rings. The van der Waals surface area contributed by atoms with Crippen LogP contribution in [0, 0.1) is 0 Å². The first kappa shape index (κ1) is 12.4. The number of aliphatic carboxylic acids is 1.